The Bertz CT molecular complexity index is 705. The molecule has 2 rings (SSSR count). The predicted octanol–water partition coefficient (Wildman–Crippen LogP) is 3.04. The van der Waals surface area contributed by atoms with Crippen molar-refractivity contribution < 1.29 is 13.6 Å². The number of halogens is 2. The minimum Gasteiger partial charge on any atom is -0.315 e. The van der Waals surface area contributed by atoms with Gasteiger partial charge in [-0.1, -0.05) is 6.07 Å². The van der Waals surface area contributed by atoms with Crippen molar-refractivity contribution in [3.05, 3.63) is 65.2 Å². The van der Waals surface area contributed by atoms with Crippen LogP contribution in [0.2, 0.25) is 0 Å². The molecule has 0 saturated heterocycles. The zero-order chi connectivity index (χ0) is 15.4. The molecule has 0 aliphatic rings. The molecule has 1 amide bonds. The van der Waals surface area contributed by atoms with Crippen LogP contribution in [0.3, 0.4) is 0 Å². The highest BCUT2D eigenvalue weighted by Crippen LogP contribution is 2.16. The number of anilines is 1. The van der Waals surface area contributed by atoms with E-state index in [1.165, 1.54) is 11.0 Å². The first-order valence-corrected chi connectivity index (χ1v) is 6.22. The number of carbonyl (C=O) groups is 1. The highest BCUT2D eigenvalue weighted by Gasteiger charge is 2.14. The van der Waals surface area contributed by atoms with Crippen molar-refractivity contribution in [2.75, 3.05) is 11.9 Å². The van der Waals surface area contributed by atoms with Gasteiger partial charge in [-0.05, 0) is 35.9 Å². The Hall–Kier alpha value is -2.74. The van der Waals surface area contributed by atoms with Gasteiger partial charge in [-0.3, -0.25) is 4.79 Å². The second-order valence-corrected chi connectivity index (χ2v) is 4.52. The summed E-state index contributed by atoms with van der Waals surface area (Å²) in [6, 6.07) is 11.6. The Balaban J connectivity index is 2.13. The van der Waals surface area contributed by atoms with Crippen molar-refractivity contribution in [1.82, 2.24) is 0 Å². The van der Waals surface area contributed by atoms with Crippen LogP contribution in [-0.2, 0) is 11.2 Å². The van der Waals surface area contributed by atoms with Crippen molar-refractivity contribution >= 4 is 11.6 Å². The van der Waals surface area contributed by atoms with Crippen molar-refractivity contribution in [2.24, 2.45) is 0 Å². The Morgan fingerprint density at radius 1 is 1.19 bits per heavy atom. The molecule has 0 atom stereocenters. The molecule has 0 aliphatic carbocycles. The van der Waals surface area contributed by atoms with Crippen LogP contribution in [0.15, 0.2) is 42.5 Å². The molecule has 5 heteroatoms. The smallest absolute Gasteiger partial charge is 0.231 e. The number of carbonyl (C=O) groups excluding carboxylic acids is 1. The summed E-state index contributed by atoms with van der Waals surface area (Å²) in [5.41, 5.74) is 1.23. The van der Waals surface area contributed by atoms with E-state index in [0.29, 0.717) is 11.3 Å². The third-order valence-corrected chi connectivity index (χ3v) is 3.11. The summed E-state index contributed by atoms with van der Waals surface area (Å²) in [6.07, 6.45) is -0.164. The lowest BCUT2D eigenvalue weighted by Crippen LogP contribution is -2.28. The van der Waals surface area contributed by atoms with Gasteiger partial charge in [0, 0.05) is 18.8 Å². The van der Waals surface area contributed by atoms with Gasteiger partial charge in [0.05, 0.1) is 18.1 Å². The molecule has 0 radical (unpaired) electrons. The van der Waals surface area contributed by atoms with Gasteiger partial charge < -0.3 is 4.90 Å². The van der Waals surface area contributed by atoms with Crippen LogP contribution in [0.1, 0.15) is 11.1 Å². The Kier molecular flexibility index (Phi) is 4.29. The SMILES string of the molecule is CN(C(=O)Cc1ccc(F)cc1F)c1ccc(C#N)cc1. The molecule has 0 aromatic heterocycles. The second-order valence-electron chi connectivity index (χ2n) is 4.52. The third-order valence-electron chi connectivity index (χ3n) is 3.11. The van der Waals surface area contributed by atoms with E-state index in [0.717, 1.165) is 12.1 Å². The summed E-state index contributed by atoms with van der Waals surface area (Å²) in [6.45, 7) is 0. The molecular weight excluding hydrogens is 274 g/mol. The molecule has 0 bridgehead atoms. The van der Waals surface area contributed by atoms with E-state index in [9.17, 15) is 13.6 Å². The number of hydrogen-bond acceptors (Lipinski definition) is 2. The summed E-state index contributed by atoms with van der Waals surface area (Å²) in [5.74, 6) is -1.74. The molecule has 0 spiro atoms. The van der Waals surface area contributed by atoms with Crippen molar-refractivity contribution in [3.63, 3.8) is 0 Å². The minimum atomic E-state index is -0.739. The standard InChI is InChI=1S/C16H12F2N2O/c1-20(14-6-2-11(10-19)3-7-14)16(21)8-12-4-5-13(17)9-15(12)18/h2-7,9H,8H2,1H3. The van der Waals surface area contributed by atoms with E-state index in [1.807, 2.05) is 6.07 Å². The summed E-state index contributed by atoms with van der Waals surface area (Å²) in [4.78, 5) is 13.5. The van der Waals surface area contributed by atoms with Gasteiger partial charge in [-0.25, -0.2) is 8.78 Å². The van der Waals surface area contributed by atoms with Gasteiger partial charge in [0.2, 0.25) is 5.91 Å². The maximum Gasteiger partial charge on any atom is 0.231 e. The number of benzene rings is 2. The van der Waals surface area contributed by atoms with E-state index in [-0.39, 0.29) is 17.9 Å². The highest BCUT2D eigenvalue weighted by molar-refractivity contribution is 5.94. The molecule has 0 unspecified atom stereocenters. The van der Waals surface area contributed by atoms with E-state index >= 15 is 0 Å². The zero-order valence-electron chi connectivity index (χ0n) is 11.3. The lowest BCUT2D eigenvalue weighted by Gasteiger charge is -2.17. The fourth-order valence-electron chi connectivity index (χ4n) is 1.85. The fraction of sp³-hybridized carbons (Fsp3) is 0.125. The van der Waals surface area contributed by atoms with E-state index in [4.69, 9.17) is 5.26 Å². The second kappa shape index (κ2) is 6.14. The molecule has 0 aliphatic heterocycles. The zero-order valence-corrected chi connectivity index (χ0v) is 11.3. The molecule has 2 aromatic carbocycles. The number of amides is 1. The van der Waals surface area contributed by atoms with Crippen molar-refractivity contribution in [3.8, 4) is 6.07 Å². The third kappa shape index (κ3) is 3.42. The van der Waals surface area contributed by atoms with Gasteiger partial charge >= 0.3 is 0 Å². The Labute approximate surface area is 121 Å². The maximum absolute atomic E-state index is 13.5. The van der Waals surface area contributed by atoms with E-state index < -0.39 is 11.6 Å². The molecule has 0 N–H and O–H groups in total. The van der Waals surface area contributed by atoms with Crippen LogP contribution in [0.25, 0.3) is 0 Å². The molecule has 0 heterocycles. The normalized spacial score (nSPS) is 10.0. The predicted molar refractivity (Wildman–Crippen MR) is 74.6 cm³/mol. The van der Waals surface area contributed by atoms with Gasteiger partial charge in [-0.15, -0.1) is 0 Å². The molecule has 106 valence electrons. The highest BCUT2D eigenvalue weighted by atomic mass is 19.1. The average molecular weight is 286 g/mol. The van der Waals surface area contributed by atoms with Crippen molar-refractivity contribution in [1.29, 1.82) is 5.26 Å². The van der Waals surface area contributed by atoms with Gasteiger partial charge in [0.25, 0.3) is 0 Å². The van der Waals surface area contributed by atoms with Gasteiger partial charge in [-0.2, -0.15) is 5.26 Å². The monoisotopic (exact) mass is 286 g/mol. The van der Waals surface area contributed by atoms with Crippen LogP contribution in [0.5, 0.6) is 0 Å². The first kappa shape index (κ1) is 14.7. The fourth-order valence-corrected chi connectivity index (χ4v) is 1.85. The van der Waals surface area contributed by atoms with Crippen LogP contribution >= 0.6 is 0 Å². The van der Waals surface area contributed by atoms with E-state index in [1.54, 1.807) is 31.3 Å². The van der Waals surface area contributed by atoms with E-state index in [2.05, 4.69) is 0 Å². The average Bonchev–Trinajstić information content (AvgIpc) is 2.49. The van der Waals surface area contributed by atoms with Gasteiger partial charge in [0.15, 0.2) is 0 Å². The van der Waals surface area contributed by atoms with Crippen LogP contribution in [0.4, 0.5) is 14.5 Å². The maximum atomic E-state index is 13.5. The molecule has 0 saturated carbocycles. The molecule has 3 nitrogen and oxygen atoms in total. The lowest BCUT2D eigenvalue weighted by atomic mass is 10.1. The molecular formula is C16H12F2N2O. The van der Waals surface area contributed by atoms with Crippen LogP contribution in [0, 0.1) is 23.0 Å². The topological polar surface area (TPSA) is 44.1 Å². The summed E-state index contributed by atoms with van der Waals surface area (Å²) >= 11 is 0. The molecule has 21 heavy (non-hydrogen) atoms. The summed E-state index contributed by atoms with van der Waals surface area (Å²) in [7, 11) is 1.56. The summed E-state index contributed by atoms with van der Waals surface area (Å²) < 4.78 is 26.3. The largest absolute Gasteiger partial charge is 0.315 e. The number of likely N-dealkylation sites (N-methyl/N-ethyl adjacent to an activating group) is 1. The number of rotatable bonds is 3. The Morgan fingerprint density at radius 2 is 1.86 bits per heavy atom. The lowest BCUT2D eigenvalue weighted by molar-refractivity contribution is -0.117. The molecule has 2 aromatic rings. The van der Waals surface area contributed by atoms with Crippen LogP contribution < -0.4 is 4.90 Å². The summed E-state index contributed by atoms with van der Waals surface area (Å²) in [5, 5.41) is 8.72. The number of hydrogen-bond donors (Lipinski definition) is 0. The number of nitrogens with zero attached hydrogens (tertiary/aromatic N) is 2. The Morgan fingerprint density at radius 3 is 2.43 bits per heavy atom. The molecule has 0 fully saturated rings. The van der Waals surface area contributed by atoms with Crippen molar-refractivity contribution in [2.45, 2.75) is 6.42 Å². The van der Waals surface area contributed by atoms with Gasteiger partial charge in [0.1, 0.15) is 11.6 Å². The quantitative estimate of drug-likeness (QED) is 0.870. The first-order valence-electron chi connectivity index (χ1n) is 6.22. The number of nitriles is 1. The van der Waals surface area contributed by atoms with Crippen LogP contribution in [-0.4, -0.2) is 13.0 Å². The minimum absolute atomic E-state index is 0.141. The first-order chi connectivity index (χ1) is 10.0.